The van der Waals surface area contributed by atoms with Crippen molar-refractivity contribution in [3.63, 3.8) is 0 Å². The normalized spacial score (nSPS) is 15.9. The van der Waals surface area contributed by atoms with Gasteiger partial charge in [-0.1, -0.05) is 0 Å². The Morgan fingerprint density at radius 2 is 1.48 bits per heavy atom. The van der Waals surface area contributed by atoms with Crippen LogP contribution in [-0.4, -0.2) is 56.2 Å². The van der Waals surface area contributed by atoms with Gasteiger partial charge in [-0.3, -0.25) is 0 Å². The second-order valence-corrected chi connectivity index (χ2v) is 10.4. The molecule has 0 spiro atoms. The summed E-state index contributed by atoms with van der Waals surface area (Å²) in [5.74, 6) is -1.13. The van der Waals surface area contributed by atoms with Crippen molar-refractivity contribution in [2.45, 2.75) is 9.79 Å². The number of rotatable bonds is 2. The maximum absolute atomic E-state index is 12.6. The molecule has 4 amide bonds. The molecule has 0 atom stereocenters. The van der Waals surface area contributed by atoms with Crippen molar-refractivity contribution in [3.05, 3.63) is 70.7 Å². The number of nitrogens with zero attached hydrogens (tertiary/aromatic N) is 3. The summed E-state index contributed by atoms with van der Waals surface area (Å²) in [7, 11) is 2.78. The number of amides is 4. The van der Waals surface area contributed by atoms with Crippen molar-refractivity contribution < 1.29 is 14.4 Å². The van der Waals surface area contributed by atoms with Crippen LogP contribution in [0, 0.1) is 0 Å². The third kappa shape index (κ3) is 3.24. The molecule has 2 aromatic carbocycles. The second-order valence-electron chi connectivity index (χ2n) is 7.13. The molecule has 3 heterocycles. The van der Waals surface area contributed by atoms with Crippen LogP contribution in [0.5, 0.6) is 0 Å². The second kappa shape index (κ2) is 7.57. The van der Waals surface area contributed by atoms with Crippen molar-refractivity contribution in [1.82, 2.24) is 9.80 Å². The fourth-order valence-corrected chi connectivity index (χ4v) is 7.41. The number of carbonyl (C=O) groups excluding carboxylic acids is 3. The Hall–Kier alpha value is -3.06. The molecule has 0 bridgehead atoms. The number of barbiturate groups is 1. The third-order valence-corrected chi connectivity index (χ3v) is 8.80. The molecule has 0 radical (unpaired) electrons. The number of imide groups is 2. The number of hydrogen-bond donors (Lipinski definition) is 0. The molecular formula is C23H17N3O3SSe. The van der Waals surface area contributed by atoms with Gasteiger partial charge in [-0.15, -0.1) is 0 Å². The Labute approximate surface area is 189 Å². The van der Waals surface area contributed by atoms with Gasteiger partial charge in [0.2, 0.25) is 0 Å². The van der Waals surface area contributed by atoms with Gasteiger partial charge in [0.05, 0.1) is 0 Å². The van der Waals surface area contributed by atoms with Gasteiger partial charge in [0.15, 0.2) is 0 Å². The standard InChI is InChI=1S/C23H17N3O3SSe/c1-24-20(27)16(21(28)25(2)23(24)29)12-15-13-19-22(31-15)26(14-8-4-3-5-9-14)17-10-6-7-11-18(17)30-19/h3-13H,1-2H3. The van der Waals surface area contributed by atoms with Crippen molar-refractivity contribution in [1.29, 1.82) is 0 Å². The number of urea groups is 1. The summed E-state index contributed by atoms with van der Waals surface area (Å²) < 4.78 is 2.09. The van der Waals surface area contributed by atoms with Crippen molar-refractivity contribution >= 4 is 66.1 Å². The van der Waals surface area contributed by atoms with Crippen LogP contribution in [0.15, 0.2) is 76.0 Å². The first-order valence-corrected chi connectivity index (χ1v) is 12.1. The number of likely N-dealkylation sites (N-methyl/N-ethyl adjacent to an activating group) is 2. The van der Waals surface area contributed by atoms with Crippen molar-refractivity contribution in [2.75, 3.05) is 19.0 Å². The summed E-state index contributed by atoms with van der Waals surface area (Å²) in [6.07, 6.45) is 1.65. The van der Waals surface area contributed by atoms with E-state index in [2.05, 4.69) is 35.2 Å². The van der Waals surface area contributed by atoms with Crippen LogP contribution in [-0.2, 0) is 9.59 Å². The average molecular weight is 494 g/mol. The van der Waals surface area contributed by atoms with E-state index in [9.17, 15) is 14.4 Å². The van der Waals surface area contributed by atoms with Gasteiger partial charge in [0.25, 0.3) is 0 Å². The number of fused-ring (bicyclic) bond motifs is 2. The summed E-state index contributed by atoms with van der Waals surface area (Å²) >= 11 is 1.58. The number of para-hydroxylation sites is 2. The molecular weight excluding hydrogens is 477 g/mol. The molecule has 2 aliphatic heterocycles. The van der Waals surface area contributed by atoms with Crippen LogP contribution in [0.3, 0.4) is 0 Å². The molecule has 0 saturated carbocycles. The third-order valence-electron chi connectivity index (χ3n) is 5.17. The molecule has 0 N–H and O–H groups in total. The minimum atomic E-state index is -0.614. The van der Waals surface area contributed by atoms with Gasteiger partial charge < -0.3 is 0 Å². The van der Waals surface area contributed by atoms with E-state index in [0.717, 1.165) is 35.4 Å². The number of hydrogen-bond acceptors (Lipinski definition) is 5. The molecule has 1 aromatic heterocycles. The monoisotopic (exact) mass is 495 g/mol. The zero-order valence-electron chi connectivity index (χ0n) is 16.7. The van der Waals surface area contributed by atoms with Gasteiger partial charge in [0, 0.05) is 0 Å². The summed E-state index contributed by atoms with van der Waals surface area (Å²) in [5.41, 5.74) is 2.21. The van der Waals surface area contributed by atoms with E-state index in [-0.39, 0.29) is 20.1 Å². The number of benzene rings is 2. The maximum atomic E-state index is 12.6. The van der Waals surface area contributed by atoms with Gasteiger partial charge in [-0.05, 0) is 0 Å². The Morgan fingerprint density at radius 1 is 0.839 bits per heavy atom. The molecule has 6 nitrogen and oxygen atoms in total. The Bertz CT molecular complexity index is 1240. The summed E-state index contributed by atoms with van der Waals surface area (Å²) in [4.78, 5) is 43.7. The van der Waals surface area contributed by atoms with Gasteiger partial charge in [-0.25, -0.2) is 0 Å². The summed E-state index contributed by atoms with van der Waals surface area (Å²) in [6.45, 7) is 0. The average Bonchev–Trinajstić information content (AvgIpc) is 3.20. The SMILES string of the molecule is CN1C(=O)C(=Cc2cc3c([se]2)N(c2ccccc2)c2ccccc2S3)C(=O)N(C)C1=O. The van der Waals surface area contributed by atoms with Gasteiger partial charge >= 0.3 is 190 Å². The van der Waals surface area contributed by atoms with Gasteiger partial charge in [0.1, 0.15) is 0 Å². The first kappa shape index (κ1) is 19.9. The Morgan fingerprint density at radius 3 is 2.19 bits per heavy atom. The topological polar surface area (TPSA) is 60.9 Å². The minimum absolute atomic E-state index is 0.0198. The molecule has 3 aromatic rings. The van der Waals surface area contributed by atoms with E-state index in [4.69, 9.17) is 0 Å². The van der Waals surface area contributed by atoms with E-state index in [1.807, 2.05) is 30.3 Å². The predicted octanol–water partition coefficient (Wildman–Crippen LogP) is 4.11. The van der Waals surface area contributed by atoms with Crippen LogP contribution in [0.1, 0.15) is 4.44 Å². The molecule has 31 heavy (non-hydrogen) atoms. The molecule has 154 valence electrons. The van der Waals surface area contributed by atoms with E-state index in [1.54, 1.807) is 17.8 Å². The molecule has 5 rings (SSSR count). The van der Waals surface area contributed by atoms with Crippen LogP contribution in [0.4, 0.5) is 20.7 Å². The van der Waals surface area contributed by atoms with Crippen LogP contribution < -0.4 is 4.90 Å². The zero-order valence-corrected chi connectivity index (χ0v) is 19.3. The molecule has 0 aliphatic carbocycles. The summed E-state index contributed by atoms with van der Waals surface area (Å²) in [6, 6.07) is 19.9. The molecule has 8 heteroatoms. The van der Waals surface area contributed by atoms with Gasteiger partial charge in [-0.2, -0.15) is 0 Å². The van der Waals surface area contributed by atoms with E-state index in [1.165, 1.54) is 18.7 Å². The van der Waals surface area contributed by atoms with Crippen LogP contribution in [0.2, 0.25) is 0 Å². The van der Waals surface area contributed by atoms with E-state index >= 15 is 0 Å². The number of carbonyl (C=O) groups is 3. The summed E-state index contributed by atoms with van der Waals surface area (Å²) in [5, 5.41) is 0. The fourth-order valence-electron chi connectivity index (χ4n) is 3.59. The van der Waals surface area contributed by atoms with Crippen molar-refractivity contribution in [3.8, 4) is 0 Å². The fraction of sp³-hybridized carbons (Fsp3) is 0.0870. The van der Waals surface area contributed by atoms with Crippen molar-refractivity contribution in [2.24, 2.45) is 0 Å². The van der Waals surface area contributed by atoms with Crippen LogP contribution in [0.25, 0.3) is 6.08 Å². The first-order chi connectivity index (χ1) is 15.0. The molecule has 1 saturated heterocycles. The van der Waals surface area contributed by atoms with Crippen LogP contribution >= 0.6 is 11.8 Å². The number of anilines is 3. The molecule has 1 fully saturated rings. The van der Waals surface area contributed by atoms with E-state index in [0.29, 0.717) is 0 Å². The Kier molecular flexibility index (Phi) is 4.85. The zero-order chi connectivity index (χ0) is 21.7. The molecule has 2 aliphatic rings. The quantitative estimate of drug-likeness (QED) is 0.239. The van der Waals surface area contributed by atoms with E-state index < -0.39 is 17.8 Å². The Balaban J connectivity index is 1.62. The molecule has 0 unspecified atom stereocenters. The first-order valence-electron chi connectivity index (χ1n) is 9.53. The predicted molar refractivity (Wildman–Crippen MR) is 121 cm³/mol.